The summed E-state index contributed by atoms with van der Waals surface area (Å²) in [4.78, 5) is 12.3. The number of benzene rings is 1. The number of hydrogen-bond donors (Lipinski definition) is 2. The third-order valence-electron chi connectivity index (χ3n) is 4.78. The first-order valence-corrected chi connectivity index (χ1v) is 8.19. The minimum atomic E-state index is -0.369. The smallest absolute Gasteiger partial charge is 0.220 e. The van der Waals surface area contributed by atoms with Crippen LogP contribution in [0, 0.1) is 18.2 Å². The van der Waals surface area contributed by atoms with Crippen LogP contribution in [-0.4, -0.2) is 31.2 Å². The van der Waals surface area contributed by atoms with Gasteiger partial charge in [-0.1, -0.05) is 12.1 Å². The Balaban J connectivity index is 1.49. The number of halogens is 1. The summed E-state index contributed by atoms with van der Waals surface area (Å²) < 4.78 is 13.1. The minimum Gasteiger partial charge on any atom is -0.356 e. The van der Waals surface area contributed by atoms with Gasteiger partial charge in [-0.15, -0.1) is 12.3 Å². The Hall–Kier alpha value is -2.26. The number of rotatable bonds is 8. The van der Waals surface area contributed by atoms with E-state index in [2.05, 4.69) is 26.8 Å². The molecule has 0 spiro atoms. The minimum absolute atomic E-state index is 0.00595. The van der Waals surface area contributed by atoms with Crippen molar-refractivity contribution in [2.75, 3.05) is 19.6 Å². The molecule has 5 nitrogen and oxygen atoms in total. The highest BCUT2D eigenvalue weighted by Gasteiger charge is 2.41. The Kier molecular flexibility index (Phi) is 4.63. The molecular weight excluding hydrogens is 307 g/mol. The molecule has 0 aromatic heterocycles. The Morgan fingerprint density at radius 1 is 1.29 bits per heavy atom. The zero-order chi connectivity index (χ0) is 17.0. The van der Waals surface area contributed by atoms with Gasteiger partial charge in [-0.25, -0.2) is 4.39 Å². The van der Waals surface area contributed by atoms with Gasteiger partial charge < -0.3 is 10.6 Å². The summed E-state index contributed by atoms with van der Waals surface area (Å²) in [6.07, 6.45) is 7.71. The highest BCUT2D eigenvalue weighted by Crippen LogP contribution is 2.36. The lowest BCUT2D eigenvalue weighted by Crippen LogP contribution is -2.58. The largest absolute Gasteiger partial charge is 0.356 e. The molecule has 2 aliphatic rings. The first-order valence-electron chi connectivity index (χ1n) is 8.19. The highest BCUT2D eigenvalue weighted by molar-refractivity contribution is 5.78. The van der Waals surface area contributed by atoms with Gasteiger partial charge in [-0.05, 0) is 17.7 Å². The summed E-state index contributed by atoms with van der Waals surface area (Å²) in [6.45, 7) is 1.98. The van der Waals surface area contributed by atoms with Crippen molar-refractivity contribution >= 4 is 5.91 Å². The molecule has 3 rings (SSSR count). The maximum Gasteiger partial charge on any atom is 0.220 e. The molecule has 2 aliphatic heterocycles. The number of hydrogen-bond acceptors (Lipinski definition) is 4. The van der Waals surface area contributed by atoms with Gasteiger partial charge in [0.25, 0.3) is 0 Å². The van der Waals surface area contributed by atoms with Crippen LogP contribution >= 0.6 is 0 Å². The Morgan fingerprint density at radius 3 is 2.54 bits per heavy atom. The normalized spacial score (nSPS) is 19.2. The van der Waals surface area contributed by atoms with Crippen molar-refractivity contribution in [3.63, 3.8) is 0 Å². The molecule has 2 N–H and O–H groups in total. The van der Waals surface area contributed by atoms with Crippen LogP contribution in [0.2, 0.25) is 0 Å². The molecule has 0 bridgehead atoms. The van der Waals surface area contributed by atoms with Crippen LogP contribution in [0.3, 0.4) is 0 Å². The second-order valence-electron chi connectivity index (χ2n) is 6.55. The molecule has 1 saturated heterocycles. The Bertz CT molecular complexity index is 667. The van der Waals surface area contributed by atoms with Crippen molar-refractivity contribution in [3.8, 4) is 12.3 Å². The fraction of sp³-hybridized carbons (Fsp3) is 0.500. The average Bonchev–Trinajstić information content (AvgIpc) is 3.30. The van der Waals surface area contributed by atoms with Crippen molar-refractivity contribution in [2.45, 2.75) is 36.8 Å². The molecule has 6 heteroatoms. The van der Waals surface area contributed by atoms with E-state index in [1.165, 1.54) is 12.1 Å². The van der Waals surface area contributed by atoms with E-state index in [4.69, 9.17) is 6.42 Å². The third-order valence-corrected chi connectivity index (χ3v) is 4.78. The SMILES string of the molecule is C#CCCC1(CCNC(=O)CC2(c3ccc(F)cc3)CNC2)N=N1. The molecule has 0 unspecified atom stereocenters. The molecule has 1 fully saturated rings. The zero-order valence-electron chi connectivity index (χ0n) is 13.5. The lowest BCUT2D eigenvalue weighted by molar-refractivity contribution is -0.122. The van der Waals surface area contributed by atoms with Gasteiger partial charge >= 0.3 is 0 Å². The lowest BCUT2D eigenvalue weighted by Gasteiger charge is -2.42. The number of nitrogens with zero attached hydrogens (tertiary/aromatic N) is 2. The van der Waals surface area contributed by atoms with Crippen LogP contribution in [0.1, 0.15) is 31.2 Å². The molecule has 0 radical (unpaired) electrons. The maximum atomic E-state index is 13.1. The Labute approximate surface area is 141 Å². The van der Waals surface area contributed by atoms with Crippen molar-refractivity contribution in [2.24, 2.45) is 10.2 Å². The predicted molar refractivity (Wildman–Crippen MR) is 88.8 cm³/mol. The number of carbonyl (C=O) groups is 1. The Morgan fingerprint density at radius 2 is 2.00 bits per heavy atom. The number of terminal acetylenes is 1. The fourth-order valence-electron chi connectivity index (χ4n) is 3.10. The molecule has 0 aliphatic carbocycles. The van der Waals surface area contributed by atoms with Gasteiger partial charge in [-0.2, -0.15) is 10.2 Å². The van der Waals surface area contributed by atoms with Crippen molar-refractivity contribution in [1.29, 1.82) is 0 Å². The first-order chi connectivity index (χ1) is 11.6. The summed E-state index contributed by atoms with van der Waals surface area (Å²) in [7, 11) is 0. The van der Waals surface area contributed by atoms with E-state index in [0.717, 1.165) is 25.1 Å². The molecule has 1 aromatic carbocycles. The van der Waals surface area contributed by atoms with E-state index >= 15 is 0 Å². The molecule has 1 aromatic rings. The molecule has 126 valence electrons. The van der Waals surface area contributed by atoms with Gasteiger partial charge in [-0.3, -0.25) is 4.79 Å². The summed E-state index contributed by atoms with van der Waals surface area (Å²) >= 11 is 0. The maximum absolute atomic E-state index is 13.1. The predicted octanol–water partition coefficient (Wildman–Crippen LogP) is 2.14. The summed E-state index contributed by atoms with van der Waals surface area (Å²) in [5.41, 5.74) is 0.384. The molecule has 1 amide bonds. The van der Waals surface area contributed by atoms with Gasteiger partial charge in [0, 0.05) is 50.7 Å². The summed E-state index contributed by atoms with van der Waals surface area (Å²) in [6, 6.07) is 6.41. The van der Waals surface area contributed by atoms with Crippen LogP contribution in [0.25, 0.3) is 0 Å². The van der Waals surface area contributed by atoms with E-state index in [-0.39, 0.29) is 22.8 Å². The van der Waals surface area contributed by atoms with Crippen molar-refractivity contribution in [3.05, 3.63) is 35.6 Å². The molecule has 2 heterocycles. The molecular formula is C18H21FN4O. The first kappa shape index (κ1) is 16.6. The summed E-state index contributed by atoms with van der Waals surface area (Å²) in [5.74, 6) is 2.32. The highest BCUT2D eigenvalue weighted by atomic mass is 19.1. The van der Waals surface area contributed by atoms with Crippen molar-refractivity contribution < 1.29 is 9.18 Å². The third kappa shape index (κ3) is 3.62. The van der Waals surface area contributed by atoms with E-state index in [1.54, 1.807) is 12.1 Å². The standard InChI is InChI=1S/C18H21FN4O/c1-2-3-8-18(22-23-18)9-10-21-16(24)11-17(12-20-13-17)14-4-6-15(19)7-5-14/h1,4-7,20H,3,8-13H2,(H,21,24). The second-order valence-corrected chi connectivity index (χ2v) is 6.55. The van der Waals surface area contributed by atoms with Crippen LogP contribution in [0.4, 0.5) is 4.39 Å². The lowest BCUT2D eigenvalue weighted by atomic mass is 9.72. The van der Waals surface area contributed by atoms with E-state index in [9.17, 15) is 9.18 Å². The van der Waals surface area contributed by atoms with Gasteiger partial charge in [0.1, 0.15) is 5.82 Å². The van der Waals surface area contributed by atoms with E-state index in [1.807, 2.05) is 0 Å². The molecule has 24 heavy (non-hydrogen) atoms. The molecule has 0 saturated carbocycles. The fourth-order valence-corrected chi connectivity index (χ4v) is 3.10. The van der Waals surface area contributed by atoms with E-state index < -0.39 is 0 Å². The van der Waals surface area contributed by atoms with Crippen molar-refractivity contribution in [1.82, 2.24) is 10.6 Å². The van der Waals surface area contributed by atoms with Crippen LogP contribution in [0.15, 0.2) is 34.5 Å². The van der Waals surface area contributed by atoms with Crippen LogP contribution < -0.4 is 10.6 Å². The van der Waals surface area contributed by atoms with E-state index in [0.29, 0.717) is 25.8 Å². The number of amides is 1. The van der Waals surface area contributed by atoms with Gasteiger partial charge in [0.05, 0.1) is 0 Å². The molecule has 0 atom stereocenters. The number of nitrogens with one attached hydrogen (secondary N) is 2. The van der Waals surface area contributed by atoms with Crippen LogP contribution in [0.5, 0.6) is 0 Å². The van der Waals surface area contributed by atoms with Crippen LogP contribution in [-0.2, 0) is 10.2 Å². The topological polar surface area (TPSA) is 65.8 Å². The zero-order valence-corrected chi connectivity index (χ0v) is 13.5. The monoisotopic (exact) mass is 328 g/mol. The van der Waals surface area contributed by atoms with Gasteiger partial charge in [0.2, 0.25) is 5.91 Å². The number of carbonyl (C=O) groups excluding carboxylic acids is 1. The summed E-state index contributed by atoms with van der Waals surface area (Å²) in [5, 5.41) is 14.3. The second kappa shape index (κ2) is 6.70. The quantitative estimate of drug-likeness (QED) is 0.718. The van der Waals surface area contributed by atoms with Gasteiger partial charge in [0.15, 0.2) is 5.66 Å². The average molecular weight is 328 g/mol.